The molecule has 0 fully saturated rings. The molecule has 1 aliphatic carbocycles. The minimum absolute atomic E-state index is 0.935. The fourth-order valence-electron chi connectivity index (χ4n) is 7.81. The van der Waals surface area contributed by atoms with Crippen molar-refractivity contribution >= 4 is 91.3 Å². The van der Waals surface area contributed by atoms with Crippen molar-refractivity contribution in [3.05, 3.63) is 163 Å². The van der Waals surface area contributed by atoms with Gasteiger partial charge in [0.15, 0.2) is 0 Å². The second kappa shape index (κ2) is 10.7. The highest BCUT2D eigenvalue weighted by atomic mass is 32.1. The molecule has 0 saturated heterocycles. The van der Waals surface area contributed by atoms with E-state index in [1.807, 2.05) is 17.4 Å². The molecule has 2 heteroatoms. The maximum absolute atomic E-state index is 6.26. The zero-order chi connectivity index (χ0) is 31.8. The maximum Gasteiger partial charge on any atom is 0.136 e. The van der Waals surface area contributed by atoms with E-state index in [9.17, 15) is 0 Å². The van der Waals surface area contributed by atoms with E-state index < -0.39 is 0 Å². The fraction of sp³-hybridized carbons (Fsp3) is 0.0435. The van der Waals surface area contributed by atoms with Crippen LogP contribution in [0.3, 0.4) is 0 Å². The topological polar surface area (TPSA) is 13.1 Å². The van der Waals surface area contributed by atoms with Gasteiger partial charge in [0.25, 0.3) is 0 Å². The largest absolute Gasteiger partial charge is 0.456 e. The molecule has 0 aliphatic heterocycles. The van der Waals surface area contributed by atoms with Gasteiger partial charge in [-0.15, -0.1) is 11.3 Å². The van der Waals surface area contributed by atoms with Crippen LogP contribution in [0.25, 0.3) is 91.1 Å². The van der Waals surface area contributed by atoms with Crippen LogP contribution in [0.5, 0.6) is 0 Å². The van der Waals surface area contributed by atoms with Crippen LogP contribution < -0.4 is 0 Å². The lowest BCUT2D eigenvalue weighted by molar-refractivity contribution is 0.669. The van der Waals surface area contributed by atoms with Crippen molar-refractivity contribution in [2.45, 2.75) is 13.3 Å². The summed E-state index contributed by atoms with van der Waals surface area (Å²) in [5.41, 5.74) is 8.32. The minimum atomic E-state index is 0.935. The molecule has 0 amide bonds. The van der Waals surface area contributed by atoms with Crippen LogP contribution in [-0.2, 0) is 0 Å². The van der Waals surface area contributed by atoms with Crippen LogP contribution in [0.1, 0.15) is 18.9 Å². The van der Waals surface area contributed by atoms with E-state index in [2.05, 4.69) is 153 Å². The first-order valence-corrected chi connectivity index (χ1v) is 17.4. The summed E-state index contributed by atoms with van der Waals surface area (Å²) >= 11 is 1.88. The number of fused-ring (bicyclic) bond motifs is 10. The lowest BCUT2D eigenvalue weighted by atomic mass is 9.85. The Kier molecular flexibility index (Phi) is 6.09. The zero-order valence-electron chi connectivity index (χ0n) is 26.5. The van der Waals surface area contributed by atoms with Crippen LogP contribution in [0, 0.1) is 0 Å². The highest BCUT2D eigenvalue weighted by Crippen LogP contribution is 2.45. The average Bonchev–Trinajstić information content (AvgIpc) is 3.70. The minimum Gasteiger partial charge on any atom is -0.456 e. The Labute approximate surface area is 282 Å². The van der Waals surface area contributed by atoms with E-state index in [0.717, 1.165) is 17.6 Å². The standard InChI is InChI=1S/C46H30OS/c1-28(19-20-29-11-3-2-4-12-29)44-32-13-5-7-15-34(32)45(35-16-8-6-14-33(35)44)31-22-24-42-38(25-31)39-27-37-30(26-43(39)48-42)21-23-41-46(37)36-17-9-10-18-40(36)47-41/h2-11,13-27H,12H2,1H3/b28-19+,29-20-. The normalized spacial score (nSPS) is 14.7. The predicted molar refractivity (Wildman–Crippen MR) is 209 cm³/mol. The monoisotopic (exact) mass is 630 g/mol. The number of thiophene rings is 1. The Morgan fingerprint density at radius 3 is 2.12 bits per heavy atom. The third kappa shape index (κ3) is 4.16. The summed E-state index contributed by atoms with van der Waals surface area (Å²) in [6.07, 6.45) is 14.2. The first kappa shape index (κ1) is 27.4. The third-order valence-corrected chi connectivity index (χ3v) is 11.2. The molecule has 0 N–H and O–H groups in total. The maximum atomic E-state index is 6.26. The van der Waals surface area contributed by atoms with Gasteiger partial charge in [-0.05, 0) is 110 Å². The zero-order valence-corrected chi connectivity index (χ0v) is 27.3. The van der Waals surface area contributed by atoms with Gasteiger partial charge in [-0.2, -0.15) is 0 Å². The van der Waals surface area contributed by atoms with E-state index in [-0.39, 0.29) is 0 Å². The summed E-state index contributed by atoms with van der Waals surface area (Å²) in [5, 5.41) is 12.6. The highest BCUT2D eigenvalue weighted by molar-refractivity contribution is 7.25. The summed E-state index contributed by atoms with van der Waals surface area (Å²) in [4.78, 5) is 0. The van der Waals surface area contributed by atoms with Gasteiger partial charge < -0.3 is 4.42 Å². The molecule has 0 unspecified atom stereocenters. The number of furan rings is 1. The number of benzene rings is 7. The van der Waals surface area contributed by atoms with Gasteiger partial charge in [-0.1, -0.05) is 115 Å². The lowest BCUT2D eigenvalue weighted by Gasteiger charge is -2.18. The molecular weight excluding hydrogens is 601 g/mol. The number of allylic oxidation sites excluding steroid dienone is 8. The van der Waals surface area contributed by atoms with Gasteiger partial charge in [-0.25, -0.2) is 0 Å². The molecule has 48 heavy (non-hydrogen) atoms. The van der Waals surface area contributed by atoms with Crippen LogP contribution in [-0.4, -0.2) is 0 Å². The number of hydrogen-bond donors (Lipinski definition) is 0. The molecule has 0 radical (unpaired) electrons. The molecule has 2 heterocycles. The second-order valence-electron chi connectivity index (χ2n) is 12.8. The van der Waals surface area contributed by atoms with Crippen molar-refractivity contribution in [3.63, 3.8) is 0 Å². The molecule has 226 valence electrons. The average molecular weight is 631 g/mol. The van der Waals surface area contributed by atoms with Gasteiger partial charge in [-0.3, -0.25) is 0 Å². The molecule has 0 saturated carbocycles. The molecule has 0 atom stereocenters. The molecule has 7 aromatic carbocycles. The summed E-state index contributed by atoms with van der Waals surface area (Å²) in [5.74, 6) is 0. The lowest BCUT2D eigenvalue weighted by Crippen LogP contribution is -1.92. The first-order valence-electron chi connectivity index (χ1n) is 16.6. The van der Waals surface area contributed by atoms with Gasteiger partial charge in [0.05, 0.1) is 0 Å². The molecule has 0 bridgehead atoms. The molecule has 2 aromatic heterocycles. The Hall–Kier alpha value is -5.70. The van der Waals surface area contributed by atoms with Crippen molar-refractivity contribution in [1.29, 1.82) is 0 Å². The first-order chi connectivity index (χ1) is 23.7. The molecule has 10 rings (SSSR count). The highest BCUT2D eigenvalue weighted by Gasteiger charge is 2.18. The van der Waals surface area contributed by atoms with Crippen molar-refractivity contribution in [2.75, 3.05) is 0 Å². The second-order valence-corrected chi connectivity index (χ2v) is 13.9. The molecule has 9 aromatic rings. The summed E-state index contributed by atoms with van der Waals surface area (Å²) in [6.45, 7) is 2.25. The van der Waals surface area contributed by atoms with E-state index in [1.54, 1.807) is 0 Å². The predicted octanol–water partition coefficient (Wildman–Crippen LogP) is 13.9. The van der Waals surface area contributed by atoms with Crippen LogP contribution in [0.15, 0.2) is 162 Å². The molecule has 1 aliphatic rings. The van der Waals surface area contributed by atoms with Crippen molar-refractivity contribution in [1.82, 2.24) is 0 Å². The molecule has 1 nitrogen and oxygen atoms in total. The van der Waals surface area contributed by atoms with E-state index in [1.165, 1.54) is 91.1 Å². The van der Waals surface area contributed by atoms with Gasteiger partial charge in [0, 0.05) is 30.9 Å². The SMILES string of the molecule is C/C(=C\C=C1\C=CC=CC1)c1c2ccccc2c(-c2ccc3sc4cc5ccc6oc7ccccc7c6c5cc4c3c2)c2ccccc12. The van der Waals surface area contributed by atoms with E-state index in [4.69, 9.17) is 4.42 Å². The fourth-order valence-corrected chi connectivity index (χ4v) is 8.92. The number of rotatable bonds is 3. The van der Waals surface area contributed by atoms with E-state index in [0.29, 0.717) is 0 Å². The van der Waals surface area contributed by atoms with Crippen molar-refractivity contribution < 1.29 is 4.42 Å². The number of para-hydroxylation sites is 1. The molecule has 0 spiro atoms. The van der Waals surface area contributed by atoms with Crippen molar-refractivity contribution in [2.24, 2.45) is 0 Å². The van der Waals surface area contributed by atoms with Gasteiger partial charge in [0.2, 0.25) is 0 Å². The Morgan fingerprint density at radius 1 is 0.625 bits per heavy atom. The van der Waals surface area contributed by atoms with Crippen LogP contribution >= 0.6 is 11.3 Å². The Balaban J connectivity index is 1.22. The number of hydrogen-bond acceptors (Lipinski definition) is 2. The summed E-state index contributed by atoms with van der Waals surface area (Å²) in [6, 6.07) is 42.4. The van der Waals surface area contributed by atoms with Crippen molar-refractivity contribution in [3.8, 4) is 11.1 Å². The van der Waals surface area contributed by atoms with Gasteiger partial charge in [0.1, 0.15) is 11.2 Å². The Bertz CT molecular complexity index is 2860. The van der Waals surface area contributed by atoms with E-state index >= 15 is 0 Å². The quantitative estimate of drug-likeness (QED) is 0.177. The smallest absolute Gasteiger partial charge is 0.136 e. The Morgan fingerprint density at radius 2 is 1.35 bits per heavy atom. The third-order valence-electron chi connectivity index (χ3n) is 10.0. The summed E-state index contributed by atoms with van der Waals surface area (Å²) in [7, 11) is 0. The summed E-state index contributed by atoms with van der Waals surface area (Å²) < 4.78 is 8.88. The molecular formula is C46H30OS. The van der Waals surface area contributed by atoms with Gasteiger partial charge >= 0.3 is 0 Å². The van der Waals surface area contributed by atoms with Crippen LogP contribution in [0.2, 0.25) is 0 Å². The van der Waals surface area contributed by atoms with Crippen LogP contribution in [0.4, 0.5) is 0 Å².